The molecule has 23 heavy (non-hydrogen) atoms. The molecule has 0 rings (SSSR count). The first kappa shape index (κ1) is 22.3. The highest BCUT2D eigenvalue weighted by Crippen LogP contribution is 2.48. The lowest BCUT2D eigenvalue weighted by molar-refractivity contribution is 0.0180. The maximum Gasteiger partial charge on any atom is 0.473 e. The van der Waals surface area contributed by atoms with Gasteiger partial charge in [-0.2, -0.15) is 0 Å². The number of carbonyl (C=O) groups excluding carboxylic acids is 1. The van der Waals surface area contributed by atoms with Crippen molar-refractivity contribution < 1.29 is 33.1 Å². The molecule has 0 aromatic carbocycles. The highest BCUT2D eigenvalue weighted by atomic mass is 31.2. The van der Waals surface area contributed by atoms with Crippen molar-refractivity contribution >= 4 is 13.9 Å². The van der Waals surface area contributed by atoms with Crippen molar-refractivity contribution in [1.29, 1.82) is 0 Å². The van der Waals surface area contributed by atoms with E-state index in [1.165, 1.54) is 0 Å². The fourth-order valence-corrected chi connectivity index (χ4v) is 2.92. The molecule has 0 aliphatic carbocycles. The molecule has 2 atom stereocenters. The minimum Gasteiger partial charge on any atom is -0.447 e. The third kappa shape index (κ3) is 13.5. The van der Waals surface area contributed by atoms with Gasteiger partial charge in [0.05, 0.1) is 5.60 Å². The van der Waals surface area contributed by atoms with Crippen LogP contribution in [0.1, 0.15) is 53.4 Å². The van der Waals surface area contributed by atoms with Crippen molar-refractivity contribution in [2.24, 2.45) is 0 Å². The van der Waals surface area contributed by atoms with E-state index in [1.807, 2.05) is 0 Å². The van der Waals surface area contributed by atoms with Crippen molar-refractivity contribution in [2.45, 2.75) is 65.1 Å². The van der Waals surface area contributed by atoms with E-state index >= 15 is 0 Å². The second kappa shape index (κ2) is 11.0. The maximum atomic E-state index is 11.9. The Bertz CT molecular complexity index is 384. The lowest BCUT2D eigenvalue weighted by atomic mass is 10.2. The van der Waals surface area contributed by atoms with Crippen molar-refractivity contribution in [3.05, 3.63) is 0 Å². The van der Waals surface area contributed by atoms with Gasteiger partial charge in [-0.25, -0.2) is 9.36 Å². The Hall–Kier alpha value is -0.660. The van der Waals surface area contributed by atoms with Gasteiger partial charge in [-0.15, -0.1) is 0 Å². The molecule has 3 N–H and O–H groups in total. The zero-order valence-electron chi connectivity index (χ0n) is 14.4. The minimum absolute atomic E-state index is 0.137. The van der Waals surface area contributed by atoms with Gasteiger partial charge >= 0.3 is 13.9 Å². The number of unbranched alkanes of at least 4 members (excludes halogenated alkanes) is 2. The van der Waals surface area contributed by atoms with Crippen molar-refractivity contribution in [1.82, 2.24) is 5.32 Å². The van der Waals surface area contributed by atoms with E-state index in [0.29, 0.717) is 19.4 Å². The Morgan fingerprint density at radius 2 is 1.91 bits per heavy atom. The van der Waals surface area contributed by atoms with Crippen molar-refractivity contribution in [3.63, 3.8) is 0 Å². The average Bonchev–Trinajstić information content (AvgIpc) is 2.40. The number of aliphatic hydroxyl groups is 1. The van der Waals surface area contributed by atoms with Gasteiger partial charge < -0.3 is 20.1 Å². The molecular weight excluding hydrogens is 325 g/mol. The molecule has 0 saturated carbocycles. The number of nitrogens with one attached hydrogen (secondary N) is 1. The van der Waals surface area contributed by atoms with Crippen molar-refractivity contribution in [2.75, 3.05) is 19.8 Å². The van der Waals surface area contributed by atoms with Gasteiger partial charge in [0.1, 0.15) is 12.7 Å². The molecule has 0 saturated heterocycles. The first-order valence-electron chi connectivity index (χ1n) is 7.83. The largest absolute Gasteiger partial charge is 0.473 e. The van der Waals surface area contributed by atoms with Gasteiger partial charge in [-0.3, -0.25) is 9.05 Å². The summed E-state index contributed by atoms with van der Waals surface area (Å²) in [7, 11) is -4.22. The van der Waals surface area contributed by atoms with E-state index in [1.54, 1.807) is 27.7 Å². The summed E-state index contributed by atoms with van der Waals surface area (Å²) >= 11 is 0. The molecule has 0 heterocycles. The minimum atomic E-state index is -4.22. The average molecular weight is 355 g/mol. The number of carbonyl (C=O) groups is 1. The number of rotatable bonds is 11. The summed E-state index contributed by atoms with van der Waals surface area (Å²) in [5.74, 6) is 0. The summed E-state index contributed by atoms with van der Waals surface area (Å²) in [5, 5.41) is 11.2. The quantitative estimate of drug-likeness (QED) is 0.385. The van der Waals surface area contributed by atoms with Crippen LogP contribution in [-0.4, -0.2) is 47.6 Å². The molecule has 0 aliphatic heterocycles. The van der Waals surface area contributed by atoms with Gasteiger partial charge in [0.25, 0.3) is 0 Å². The standard InChI is InChI=1S/C14H30NO7P/c1-5-12(21-23(18,19)22-14(2,3)4)11-20-13(17)15-9-7-6-8-10-16/h12,16H,5-11H2,1-4H3,(H,15,17)(H,18,19)/t12-/m1/s1. The SMILES string of the molecule is CC[C@H](COC(=O)NCCCCCO)OP(=O)(O)OC(C)(C)C. The fourth-order valence-electron chi connectivity index (χ4n) is 1.60. The highest BCUT2D eigenvalue weighted by molar-refractivity contribution is 7.47. The summed E-state index contributed by atoms with van der Waals surface area (Å²) in [6.45, 7) is 7.11. The Kier molecular flexibility index (Phi) is 10.7. The Balaban J connectivity index is 4.09. The Labute approximate surface area is 138 Å². The highest BCUT2D eigenvalue weighted by Gasteiger charge is 2.31. The molecular formula is C14H30NO7P. The van der Waals surface area contributed by atoms with Crippen LogP contribution in [-0.2, 0) is 18.3 Å². The maximum absolute atomic E-state index is 11.9. The van der Waals surface area contributed by atoms with Crippen LogP contribution in [0.4, 0.5) is 4.79 Å². The van der Waals surface area contributed by atoms with E-state index in [-0.39, 0.29) is 13.2 Å². The number of aliphatic hydroxyl groups excluding tert-OH is 1. The molecule has 0 spiro atoms. The van der Waals surface area contributed by atoms with Crippen LogP contribution >= 0.6 is 7.82 Å². The van der Waals surface area contributed by atoms with Crippen LogP contribution in [0.3, 0.4) is 0 Å². The molecule has 1 amide bonds. The van der Waals surface area contributed by atoms with Crippen LogP contribution in [0.5, 0.6) is 0 Å². The summed E-state index contributed by atoms with van der Waals surface area (Å²) in [6, 6.07) is 0. The van der Waals surface area contributed by atoms with Gasteiger partial charge in [-0.1, -0.05) is 6.92 Å². The molecule has 0 aromatic rings. The van der Waals surface area contributed by atoms with Crippen molar-refractivity contribution in [3.8, 4) is 0 Å². The number of amides is 1. The van der Waals surface area contributed by atoms with Gasteiger partial charge in [0.2, 0.25) is 0 Å². The predicted octanol–water partition coefficient (Wildman–Crippen LogP) is 2.59. The molecule has 0 bridgehead atoms. The van der Waals surface area contributed by atoms with E-state index in [0.717, 1.165) is 12.8 Å². The van der Waals surface area contributed by atoms with E-state index in [2.05, 4.69) is 5.32 Å². The Morgan fingerprint density at radius 3 is 2.43 bits per heavy atom. The zero-order chi connectivity index (χ0) is 17.9. The van der Waals surface area contributed by atoms with Crippen LogP contribution in [0.15, 0.2) is 0 Å². The first-order chi connectivity index (χ1) is 10.6. The summed E-state index contributed by atoms with van der Waals surface area (Å²) in [6.07, 6.45) is 1.31. The number of phosphoric ester groups is 1. The smallest absolute Gasteiger partial charge is 0.447 e. The summed E-state index contributed by atoms with van der Waals surface area (Å²) < 4.78 is 26.8. The third-order valence-corrected chi connectivity index (χ3v) is 3.97. The van der Waals surface area contributed by atoms with Gasteiger partial charge in [0.15, 0.2) is 0 Å². The number of alkyl carbamates (subject to hydrolysis) is 1. The van der Waals surface area contributed by atoms with E-state index in [9.17, 15) is 14.3 Å². The fraction of sp³-hybridized carbons (Fsp3) is 0.929. The zero-order valence-corrected chi connectivity index (χ0v) is 15.3. The van der Waals surface area contributed by atoms with Gasteiger partial charge in [0, 0.05) is 13.2 Å². The number of hydrogen-bond donors (Lipinski definition) is 3. The van der Waals surface area contributed by atoms with Crippen LogP contribution in [0, 0.1) is 0 Å². The molecule has 0 fully saturated rings. The molecule has 8 nitrogen and oxygen atoms in total. The van der Waals surface area contributed by atoms with E-state index < -0.39 is 25.6 Å². The number of phosphoric acid groups is 1. The summed E-state index contributed by atoms with van der Waals surface area (Å²) in [5.41, 5.74) is -0.824. The molecule has 0 aromatic heterocycles. The summed E-state index contributed by atoms with van der Waals surface area (Å²) in [4.78, 5) is 21.2. The molecule has 0 aliphatic rings. The van der Waals surface area contributed by atoms with Crippen LogP contribution in [0.25, 0.3) is 0 Å². The molecule has 0 radical (unpaired) electrons. The topological polar surface area (TPSA) is 114 Å². The van der Waals surface area contributed by atoms with E-state index in [4.69, 9.17) is 18.9 Å². The van der Waals surface area contributed by atoms with Gasteiger partial charge in [-0.05, 0) is 46.5 Å². The van der Waals surface area contributed by atoms with Crippen LogP contribution in [0.2, 0.25) is 0 Å². The normalized spacial score (nSPS) is 15.7. The second-order valence-electron chi connectivity index (χ2n) is 6.12. The first-order valence-corrected chi connectivity index (χ1v) is 9.32. The lowest BCUT2D eigenvalue weighted by Gasteiger charge is -2.25. The number of hydrogen-bond acceptors (Lipinski definition) is 6. The predicted molar refractivity (Wildman–Crippen MR) is 86.1 cm³/mol. The lowest BCUT2D eigenvalue weighted by Crippen LogP contribution is -2.30. The molecule has 1 unspecified atom stereocenters. The van der Waals surface area contributed by atoms with Crippen LogP contribution < -0.4 is 5.32 Å². The molecule has 9 heteroatoms. The second-order valence-corrected chi connectivity index (χ2v) is 7.45. The Morgan fingerprint density at radius 1 is 1.26 bits per heavy atom. The molecule has 138 valence electrons. The third-order valence-electron chi connectivity index (χ3n) is 2.63. The monoisotopic (exact) mass is 355 g/mol. The number of ether oxygens (including phenoxy) is 1.